The van der Waals surface area contributed by atoms with E-state index in [1.165, 1.54) is 32.1 Å². The van der Waals surface area contributed by atoms with Crippen molar-refractivity contribution in [2.75, 3.05) is 13.2 Å². The van der Waals surface area contributed by atoms with Crippen LogP contribution in [0.2, 0.25) is 0 Å². The van der Waals surface area contributed by atoms with Crippen molar-refractivity contribution in [3.63, 3.8) is 0 Å². The number of aliphatic hydroxyl groups excluding tert-OH is 1. The van der Waals surface area contributed by atoms with Gasteiger partial charge in [0.15, 0.2) is 0 Å². The minimum absolute atomic E-state index is 0.346. The third-order valence-corrected chi connectivity index (χ3v) is 4.07. The van der Waals surface area contributed by atoms with Crippen LogP contribution in [0, 0.1) is 11.8 Å². The van der Waals surface area contributed by atoms with E-state index in [4.69, 9.17) is 0 Å². The molecule has 1 fully saturated rings. The zero-order valence-electron chi connectivity index (χ0n) is 12.2. The van der Waals surface area contributed by atoms with Crippen LogP contribution in [0.5, 0.6) is 0 Å². The number of piperidine rings is 1. The summed E-state index contributed by atoms with van der Waals surface area (Å²) in [5.41, 5.74) is 0. The molecule has 1 saturated heterocycles. The zero-order chi connectivity index (χ0) is 12.8. The predicted molar refractivity (Wildman–Crippen MR) is 73.3 cm³/mol. The highest BCUT2D eigenvalue weighted by molar-refractivity contribution is 4.71. The first-order valence-electron chi connectivity index (χ1n) is 7.51. The second-order valence-corrected chi connectivity index (χ2v) is 6.63. The normalized spacial score (nSPS) is 30.2. The Morgan fingerprint density at radius 1 is 1.00 bits per heavy atom. The quantitative estimate of drug-likeness (QED) is 0.730. The predicted octanol–water partition coefficient (Wildman–Crippen LogP) is 1.88. The molecule has 1 aliphatic rings. The number of hydrogen-bond donors (Lipinski definition) is 2. The lowest BCUT2D eigenvalue weighted by Crippen LogP contribution is -3.20. The lowest BCUT2D eigenvalue weighted by Gasteiger charge is -2.40. The van der Waals surface area contributed by atoms with Crippen molar-refractivity contribution in [2.24, 2.45) is 11.8 Å². The fraction of sp³-hybridized carbons (Fsp3) is 1.00. The average Bonchev–Trinajstić information content (AvgIpc) is 2.21. The van der Waals surface area contributed by atoms with Crippen molar-refractivity contribution in [1.29, 1.82) is 0 Å². The molecule has 0 radical (unpaired) electrons. The van der Waals surface area contributed by atoms with Gasteiger partial charge in [-0.3, -0.25) is 0 Å². The number of nitrogens with one attached hydrogen (secondary N) is 1. The molecule has 1 rings (SSSR count). The van der Waals surface area contributed by atoms with Crippen molar-refractivity contribution < 1.29 is 10.0 Å². The molecule has 1 heterocycles. The van der Waals surface area contributed by atoms with E-state index < -0.39 is 0 Å². The molecule has 0 spiro atoms. The minimum Gasteiger partial charge on any atom is -0.391 e. The Bertz CT molecular complexity index is 185. The van der Waals surface area contributed by atoms with Crippen molar-refractivity contribution in [2.45, 2.75) is 71.9 Å². The standard InChI is InChI=1S/C15H31NO/c1-12(2)10-14-6-5-7-15(11-13(3)4)16(14)8-9-17/h12-15,17H,5-11H2,1-4H3/p+1/t14-,15+. The highest BCUT2D eigenvalue weighted by atomic mass is 16.3. The van der Waals surface area contributed by atoms with Crippen LogP contribution in [0.3, 0.4) is 0 Å². The van der Waals surface area contributed by atoms with Crippen LogP contribution in [0.15, 0.2) is 0 Å². The molecule has 17 heavy (non-hydrogen) atoms. The molecule has 102 valence electrons. The van der Waals surface area contributed by atoms with Gasteiger partial charge in [0.2, 0.25) is 0 Å². The lowest BCUT2D eigenvalue weighted by atomic mass is 9.87. The van der Waals surface area contributed by atoms with Gasteiger partial charge < -0.3 is 10.0 Å². The van der Waals surface area contributed by atoms with Crippen molar-refractivity contribution >= 4 is 0 Å². The molecule has 3 atom stereocenters. The molecule has 0 saturated carbocycles. The Morgan fingerprint density at radius 3 is 1.82 bits per heavy atom. The van der Waals surface area contributed by atoms with Crippen LogP contribution in [0.25, 0.3) is 0 Å². The summed E-state index contributed by atoms with van der Waals surface area (Å²) in [5.74, 6) is 1.57. The van der Waals surface area contributed by atoms with E-state index in [1.54, 1.807) is 4.90 Å². The highest BCUT2D eigenvalue weighted by Gasteiger charge is 2.34. The summed E-state index contributed by atoms with van der Waals surface area (Å²) in [6, 6.07) is 1.58. The summed E-state index contributed by atoms with van der Waals surface area (Å²) in [6.45, 7) is 10.6. The summed E-state index contributed by atoms with van der Waals surface area (Å²) < 4.78 is 0. The molecule has 1 unspecified atom stereocenters. The van der Waals surface area contributed by atoms with Gasteiger partial charge in [-0.05, 0) is 31.1 Å². The smallest absolute Gasteiger partial charge is 0.101 e. The monoisotopic (exact) mass is 242 g/mol. The number of likely N-dealkylation sites (tertiary alicyclic amines) is 1. The molecule has 1 aliphatic heterocycles. The van der Waals surface area contributed by atoms with E-state index in [9.17, 15) is 5.11 Å². The molecular formula is C15H32NO+. The summed E-state index contributed by atoms with van der Waals surface area (Å²) in [6.07, 6.45) is 6.77. The number of aliphatic hydroxyl groups is 1. The van der Waals surface area contributed by atoms with Crippen LogP contribution in [0.1, 0.15) is 59.8 Å². The summed E-state index contributed by atoms with van der Waals surface area (Å²) >= 11 is 0. The van der Waals surface area contributed by atoms with Gasteiger partial charge in [-0.25, -0.2) is 0 Å². The summed E-state index contributed by atoms with van der Waals surface area (Å²) in [7, 11) is 0. The molecule has 2 heteroatoms. The molecule has 0 aromatic rings. The summed E-state index contributed by atoms with van der Waals surface area (Å²) in [4.78, 5) is 1.70. The average molecular weight is 242 g/mol. The second-order valence-electron chi connectivity index (χ2n) is 6.63. The fourth-order valence-electron chi connectivity index (χ4n) is 3.53. The largest absolute Gasteiger partial charge is 0.391 e. The third kappa shape index (κ3) is 4.97. The van der Waals surface area contributed by atoms with Gasteiger partial charge >= 0.3 is 0 Å². The van der Waals surface area contributed by atoms with E-state index in [-0.39, 0.29) is 0 Å². The van der Waals surface area contributed by atoms with E-state index in [1.807, 2.05) is 0 Å². The minimum atomic E-state index is 0.346. The topological polar surface area (TPSA) is 24.7 Å². The first kappa shape index (κ1) is 15.0. The third-order valence-electron chi connectivity index (χ3n) is 4.07. The van der Waals surface area contributed by atoms with Gasteiger partial charge in [0, 0.05) is 12.8 Å². The van der Waals surface area contributed by atoms with Crippen LogP contribution in [-0.4, -0.2) is 30.3 Å². The SMILES string of the molecule is CC(C)C[C@H]1CCC[C@@H](CC(C)C)[NH+]1CCO. The molecule has 2 nitrogen and oxygen atoms in total. The zero-order valence-corrected chi connectivity index (χ0v) is 12.2. The Balaban J connectivity index is 2.62. The number of hydrogen-bond acceptors (Lipinski definition) is 1. The number of quaternary nitrogens is 1. The maximum atomic E-state index is 9.30. The lowest BCUT2D eigenvalue weighted by molar-refractivity contribution is -0.956. The molecule has 0 bridgehead atoms. The van der Waals surface area contributed by atoms with Crippen LogP contribution >= 0.6 is 0 Å². The van der Waals surface area contributed by atoms with Crippen molar-refractivity contribution in [3.05, 3.63) is 0 Å². The van der Waals surface area contributed by atoms with Gasteiger partial charge in [-0.1, -0.05) is 27.7 Å². The van der Waals surface area contributed by atoms with Crippen molar-refractivity contribution in [1.82, 2.24) is 0 Å². The van der Waals surface area contributed by atoms with E-state index in [0.29, 0.717) is 6.61 Å². The summed E-state index contributed by atoms with van der Waals surface area (Å²) in [5, 5.41) is 9.30. The van der Waals surface area contributed by atoms with Crippen LogP contribution in [0.4, 0.5) is 0 Å². The van der Waals surface area contributed by atoms with Gasteiger partial charge in [0.1, 0.15) is 6.54 Å². The first-order valence-corrected chi connectivity index (χ1v) is 7.51. The Hall–Kier alpha value is -0.0800. The van der Waals surface area contributed by atoms with Crippen LogP contribution in [-0.2, 0) is 0 Å². The second kappa shape index (κ2) is 7.38. The molecule has 0 amide bonds. The fourth-order valence-corrected chi connectivity index (χ4v) is 3.53. The maximum Gasteiger partial charge on any atom is 0.101 e. The maximum absolute atomic E-state index is 9.30. The van der Waals surface area contributed by atoms with Crippen LogP contribution < -0.4 is 4.90 Å². The highest BCUT2D eigenvalue weighted by Crippen LogP contribution is 2.18. The molecule has 0 aliphatic carbocycles. The molecule has 0 aromatic carbocycles. The van der Waals surface area contributed by atoms with Gasteiger partial charge in [-0.2, -0.15) is 0 Å². The first-order chi connectivity index (χ1) is 8.04. The van der Waals surface area contributed by atoms with E-state index >= 15 is 0 Å². The Labute approximate surface area is 107 Å². The van der Waals surface area contributed by atoms with Gasteiger partial charge in [-0.15, -0.1) is 0 Å². The van der Waals surface area contributed by atoms with Gasteiger partial charge in [0.25, 0.3) is 0 Å². The molecule has 0 aromatic heterocycles. The van der Waals surface area contributed by atoms with Crippen molar-refractivity contribution in [3.8, 4) is 0 Å². The van der Waals surface area contributed by atoms with E-state index in [2.05, 4.69) is 27.7 Å². The van der Waals surface area contributed by atoms with E-state index in [0.717, 1.165) is 30.5 Å². The molecular weight excluding hydrogens is 210 g/mol. The Kier molecular flexibility index (Phi) is 6.50. The molecule has 2 N–H and O–H groups in total. The van der Waals surface area contributed by atoms with Gasteiger partial charge in [0.05, 0.1) is 18.7 Å². The number of rotatable bonds is 6. The Morgan fingerprint density at radius 2 is 1.47 bits per heavy atom.